The highest BCUT2D eigenvalue weighted by atomic mass is 19.1. The number of imidazole rings is 1. The van der Waals surface area contributed by atoms with Crippen molar-refractivity contribution in [1.29, 1.82) is 0 Å². The van der Waals surface area contributed by atoms with Gasteiger partial charge in [0, 0.05) is 17.8 Å². The minimum atomic E-state index is -0.474. The second kappa shape index (κ2) is 9.06. The second-order valence-corrected chi connectivity index (χ2v) is 9.12. The number of benzene rings is 2. The molecule has 5 rings (SSSR count). The van der Waals surface area contributed by atoms with Crippen LogP contribution in [0.2, 0.25) is 0 Å². The van der Waals surface area contributed by atoms with Crippen molar-refractivity contribution in [2.45, 2.75) is 50.8 Å². The number of hydrogen-bond acceptors (Lipinski definition) is 4. The third kappa shape index (κ3) is 4.23. The van der Waals surface area contributed by atoms with Crippen molar-refractivity contribution in [2.24, 2.45) is 0 Å². The number of aromatic nitrogens is 2. The van der Waals surface area contributed by atoms with Crippen LogP contribution in [-0.2, 0) is 4.79 Å². The van der Waals surface area contributed by atoms with Gasteiger partial charge in [0.25, 0.3) is 5.91 Å². The number of rotatable bonds is 4. The number of piperidine rings is 2. The van der Waals surface area contributed by atoms with Gasteiger partial charge in [0.05, 0.1) is 37.0 Å². The number of aryl methyl sites for hydroxylation is 1. The first-order valence-electron chi connectivity index (χ1n) is 11.6. The number of methoxy groups -OCH3 is 1. The van der Waals surface area contributed by atoms with E-state index in [2.05, 4.69) is 4.98 Å². The molecule has 2 aromatic carbocycles. The number of hydrogen-bond donors (Lipinski definition) is 1. The normalized spacial score (nSPS) is 23.8. The lowest BCUT2D eigenvalue weighted by Crippen LogP contribution is -2.52. The standard InChI is InChI=1S/C27H28FN3O3/c1-17-15-30(16-29-17)24-10-3-18(12-26(24)34-2)11-20-6-9-22-13-23(32)14-25(31(22)27(20)33)19-4-7-21(28)8-5-19/h3-5,7-8,10-12,15-16,22-23,25,32H,6,9,13-14H2,1-2H3/t22-,23-,25-/m0/s1. The maximum absolute atomic E-state index is 13.6. The van der Waals surface area contributed by atoms with Crippen LogP contribution < -0.4 is 4.74 Å². The summed E-state index contributed by atoms with van der Waals surface area (Å²) >= 11 is 0. The molecular weight excluding hydrogens is 433 g/mol. The Morgan fingerprint density at radius 1 is 1.18 bits per heavy atom. The van der Waals surface area contributed by atoms with Gasteiger partial charge in [-0.05, 0) is 74.1 Å². The van der Waals surface area contributed by atoms with E-state index in [9.17, 15) is 14.3 Å². The summed E-state index contributed by atoms with van der Waals surface area (Å²) in [6.07, 6.45) is 7.59. The minimum Gasteiger partial charge on any atom is -0.495 e. The van der Waals surface area contributed by atoms with E-state index in [-0.39, 0.29) is 23.8 Å². The number of aliphatic hydroxyl groups excluding tert-OH is 1. The molecule has 2 aliphatic rings. The van der Waals surface area contributed by atoms with Crippen molar-refractivity contribution in [3.05, 3.63) is 83.2 Å². The molecule has 2 fully saturated rings. The van der Waals surface area contributed by atoms with Crippen molar-refractivity contribution < 1.29 is 19.0 Å². The number of halogens is 1. The van der Waals surface area contributed by atoms with E-state index in [1.54, 1.807) is 25.6 Å². The molecule has 0 saturated carbocycles. The molecule has 0 unspecified atom stereocenters. The summed E-state index contributed by atoms with van der Waals surface area (Å²) in [6.45, 7) is 1.93. The molecular formula is C27H28FN3O3. The van der Waals surface area contributed by atoms with Crippen LogP contribution in [0.15, 0.2) is 60.6 Å². The smallest absolute Gasteiger partial charge is 0.250 e. The third-order valence-corrected chi connectivity index (χ3v) is 6.81. The van der Waals surface area contributed by atoms with Gasteiger partial charge in [-0.2, -0.15) is 0 Å². The lowest BCUT2D eigenvalue weighted by Gasteiger charge is -2.47. The Bertz CT molecular complexity index is 1230. The summed E-state index contributed by atoms with van der Waals surface area (Å²) < 4.78 is 21.0. The SMILES string of the molecule is COc1cc(C=C2CC[C@H]3C[C@H](O)C[C@@H](c4ccc(F)cc4)N3C2=O)ccc1-n1cnc(C)c1. The average molecular weight is 462 g/mol. The lowest BCUT2D eigenvalue weighted by molar-refractivity contribution is -0.139. The molecule has 1 N–H and O–H groups in total. The zero-order chi connectivity index (χ0) is 23.8. The van der Waals surface area contributed by atoms with Crippen LogP contribution in [0.4, 0.5) is 4.39 Å². The molecule has 1 amide bonds. The first-order chi connectivity index (χ1) is 16.4. The van der Waals surface area contributed by atoms with Crippen LogP contribution >= 0.6 is 0 Å². The van der Waals surface area contributed by atoms with Crippen LogP contribution in [-0.4, -0.2) is 44.7 Å². The number of fused-ring (bicyclic) bond motifs is 1. The van der Waals surface area contributed by atoms with Crippen molar-refractivity contribution in [3.63, 3.8) is 0 Å². The summed E-state index contributed by atoms with van der Waals surface area (Å²) in [5.41, 5.74) is 4.25. The number of ether oxygens (including phenoxy) is 1. The summed E-state index contributed by atoms with van der Waals surface area (Å²) in [4.78, 5) is 19.8. The number of carbonyl (C=O) groups excluding carboxylic acids is 1. The molecule has 7 heteroatoms. The van der Waals surface area contributed by atoms with Gasteiger partial charge in [-0.25, -0.2) is 9.37 Å². The number of aliphatic hydroxyl groups is 1. The van der Waals surface area contributed by atoms with Crippen molar-refractivity contribution >= 4 is 12.0 Å². The van der Waals surface area contributed by atoms with Crippen LogP contribution in [0, 0.1) is 12.7 Å². The summed E-state index contributed by atoms with van der Waals surface area (Å²) in [7, 11) is 1.63. The monoisotopic (exact) mass is 461 g/mol. The Hall–Kier alpha value is -3.45. The molecule has 3 aromatic rings. The Morgan fingerprint density at radius 2 is 1.97 bits per heavy atom. The molecule has 0 bridgehead atoms. The Balaban J connectivity index is 1.45. The van der Waals surface area contributed by atoms with Crippen LogP contribution in [0.1, 0.15) is 48.5 Å². The van der Waals surface area contributed by atoms with Gasteiger partial charge in [0.2, 0.25) is 0 Å². The molecule has 0 spiro atoms. The van der Waals surface area contributed by atoms with E-state index in [1.165, 1.54) is 12.1 Å². The fourth-order valence-electron chi connectivity index (χ4n) is 5.18. The van der Waals surface area contributed by atoms with Crippen LogP contribution in [0.3, 0.4) is 0 Å². The first-order valence-corrected chi connectivity index (χ1v) is 11.6. The molecule has 3 heterocycles. The third-order valence-electron chi connectivity index (χ3n) is 6.81. The minimum absolute atomic E-state index is 0.0225. The van der Waals surface area contributed by atoms with E-state index in [0.29, 0.717) is 25.0 Å². The largest absolute Gasteiger partial charge is 0.495 e. The fourth-order valence-corrected chi connectivity index (χ4v) is 5.18. The molecule has 2 aliphatic heterocycles. The molecule has 176 valence electrons. The van der Waals surface area contributed by atoms with E-state index in [4.69, 9.17) is 4.74 Å². The van der Waals surface area contributed by atoms with Crippen LogP contribution in [0.5, 0.6) is 5.75 Å². The molecule has 2 saturated heterocycles. The summed E-state index contributed by atoms with van der Waals surface area (Å²) in [5, 5.41) is 10.5. The Labute approximate surface area is 198 Å². The van der Waals surface area contributed by atoms with Gasteiger partial charge in [-0.1, -0.05) is 18.2 Å². The first kappa shape index (κ1) is 22.3. The fraction of sp³-hybridized carbons (Fsp3) is 0.333. The Kier molecular flexibility index (Phi) is 5.96. The molecule has 34 heavy (non-hydrogen) atoms. The topological polar surface area (TPSA) is 67.6 Å². The highest BCUT2D eigenvalue weighted by Gasteiger charge is 2.42. The van der Waals surface area contributed by atoms with Gasteiger partial charge in [-0.15, -0.1) is 0 Å². The van der Waals surface area contributed by atoms with Gasteiger partial charge < -0.3 is 19.3 Å². The molecule has 0 radical (unpaired) electrons. The zero-order valence-corrected chi connectivity index (χ0v) is 19.3. The molecule has 6 nitrogen and oxygen atoms in total. The van der Waals surface area contributed by atoms with E-state index in [1.807, 2.05) is 46.9 Å². The highest BCUT2D eigenvalue weighted by molar-refractivity contribution is 5.99. The Morgan fingerprint density at radius 3 is 2.68 bits per heavy atom. The predicted octanol–water partition coefficient (Wildman–Crippen LogP) is 4.60. The average Bonchev–Trinajstić information content (AvgIpc) is 3.26. The lowest BCUT2D eigenvalue weighted by atomic mass is 9.82. The van der Waals surface area contributed by atoms with Crippen molar-refractivity contribution in [2.75, 3.05) is 7.11 Å². The highest BCUT2D eigenvalue weighted by Crippen LogP contribution is 2.41. The van der Waals surface area contributed by atoms with Gasteiger partial charge in [-0.3, -0.25) is 4.79 Å². The molecule has 3 atom stereocenters. The van der Waals surface area contributed by atoms with E-state index < -0.39 is 6.10 Å². The van der Waals surface area contributed by atoms with Gasteiger partial charge >= 0.3 is 0 Å². The van der Waals surface area contributed by atoms with Gasteiger partial charge in [0.15, 0.2) is 0 Å². The predicted molar refractivity (Wildman–Crippen MR) is 127 cm³/mol. The second-order valence-electron chi connectivity index (χ2n) is 9.12. The maximum Gasteiger partial charge on any atom is 0.250 e. The van der Waals surface area contributed by atoms with Crippen LogP contribution in [0.25, 0.3) is 11.8 Å². The summed E-state index contributed by atoms with van der Waals surface area (Å²) in [6, 6.07) is 11.8. The van der Waals surface area contributed by atoms with E-state index in [0.717, 1.165) is 34.5 Å². The molecule has 0 aliphatic carbocycles. The van der Waals surface area contributed by atoms with E-state index >= 15 is 0 Å². The quantitative estimate of drug-likeness (QED) is 0.577. The number of nitrogens with zero attached hydrogens (tertiary/aromatic N) is 3. The number of carbonyl (C=O) groups is 1. The maximum atomic E-state index is 13.6. The van der Waals surface area contributed by atoms with Crippen molar-refractivity contribution in [1.82, 2.24) is 14.5 Å². The molecule has 1 aromatic heterocycles. The summed E-state index contributed by atoms with van der Waals surface area (Å²) in [5.74, 6) is 0.356. The van der Waals surface area contributed by atoms with Crippen molar-refractivity contribution in [3.8, 4) is 11.4 Å². The number of amides is 1. The van der Waals surface area contributed by atoms with Gasteiger partial charge in [0.1, 0.15) is 11.6 Å². The zero-order valence-electron chi connectivity index (χ0n) is 19.3.